The molecule has 0 aromatic carbocycles. The van der Waals surface area contributed by atoms with E-state index in [0.717, 1.165) is 24.3 Å². The molecule has 0 radical (unpaired) electrons. The van der Waals surface area contributed by atoms with Gasteiger partial charge in [-0.15, -0.1) is 0 Å². The van der Waals surface area contributed by atoms with Crippen LogP contribution in [0.15, 0.2) is 10.6 Å². The summed E-state index contributed by atoms with van der Waals surface area (Å²) in [4.78, 5) is 0. The van der Waals surface area contributed by atoms with Gasteiger partial charge in [-0.2, -0.15) is 0 Å². The highest BCUT2D eigenvalue weighted by Gasteiger charge is 2.18. The van der Waals surface area contributed by atoms with Crippen LogP contribution >= 0.6 is 0 Å². The van der Waals surface area contributed by atoms with E-state index >= 15 is 0 Å². The lowest BCUT2D eigenvalue weighted by Crippen LogP contribution is -2.09. The molecule has 2 heteroatoms. The molecular formula is C13H23NO. The molecule has 15 heavy (non-hydrogen) atoms. The highest BCUT2D eigenvalue weighted by molar-refractivity contribution is 5.08. The molecule has 0 aliphatic heterocycles. The predicted octanol–water partition coefficient (Wildman–Crippen LogP) is 3.85. The van der Waals surface area contributed by atoms with Crippen LogP contribution in [0.2, 0.25) is 0 Å². The Kier molecular flexibility index (Phi) is 3.27. The largest absolute Gasteiger partial charge is 0.361 e. The molecule has 1 aromatic rings. The van der Waals surface area contributed by atoms with Gasteiger partial charge in [0, 0.05) is 12.5 Å². The highest BCUT2D eigenvalue weighted by Crippen LogP contribution is 2.24. The maximum Gasteiger partial charge on any atom is 0.137 e. The van der Waals surface area contributed by atoms with Crippen LogP contribution in [0.5, 0.6) is 0 Å². The first-order valence-electron chi connectivity index (χ1n) is 5.60. The van der Waals surface area contributed by atoms with Gasteiger partial charge in [-0.05, 0) is 17.3 Å². The summed E-state index contributed by atoms with van der Waals surface area (Å²) in [6, 6.07) is 2.09. The average Bonchev–Trinajstić information content (AvgIpc) is 2.28. The van der Waals surface area contributed by atoms with E-state index in [0.29, 0.717) is 0 Å². The van der Waals surface area contributed by atoms with Gasteiger partial charge in [0.25, 0.3) is 0 Å². The number of nitrogens with zero attached hydrogens (tertiary/aromatic N) is 1. The van der Waals surface area contributed by atoms with Crippen LogP contribution in [0, 0.1) is 10.8 Å². The SMILES string of the molecule is CC(C)(C)Cc1cc(CC(C)(C)C)on1. The molecule has 0 N–H and O–H groups in total. The normalized spacial score (nSPS) is 13.2. The fourth-order valence-corrected chi connectivity index (χ4v) is 1.59. The Balaban J connectivity index is 2.65. The minimum Gasteiger partial charge on any atom is -0.361 e. The average molecular weight is 209 g/mol. The van der Waals surface area contributed by atoms with Crippen LogP contribution in [0.25, 0.3) is 0 Å². The molecule has 0 bridgehead atoms. The molecule has 1 heterocycles. The molecule has 0 amide bonds. The Bertz CT molecular complexity index is 282. The maximum atomic E-state index is 5.34. The lowest BCUT2D eigenvalue weighted by molar-refractivity contribution is 0.313. The minimum absolute atomic E-state index is 0.262. The van der Waals surface area contributed by atoms with E-state index in [-0.39, 0.29) is 10.8 Å². The van der Waals surface area contributed by atoms with Gasteiger partial charge in [0.05, 0.1) is 5.69 Å². The topological polar surface area (TPSA) is 26.0 Å². The fourth-order valence-electron chi connectivity index (χ4n) is 1.59. The van der Waals surface area contributed by atoms with Crippen LogP contribution in [0.4, 0.5) is 0 Å². The number of hydrogen-bond acceptors (Lipinski definition) is 2. The summed E-state index contributed by atoms with van der Waals surface area (Å²) in [5, 5.41) is 4.11. The summed E-state index contributed by atoms with van der Waals surface area (Å²) in [5.74, 6) is 1.00. The summed E-state index contributed by atoms with van der Waals surface area (Å²) in [7, 11) is 0. The zero-order valence-corrected chi connectivity index (χ0v) is 10.8. The van der Waals surface area contributed by atoms with Crippen LogP contribution in [-0.4, -0.2) is 5.16 Å². The molecular weight excluding hydrogens is 186 g/mol. The Morgan fingerprint density at radius 2 is 1.53 bits per heavy atom. The molecule has 1 aromatic heterocycles. The van der Waals surface area contributed by atoms with E-state index < -0.39 is 0 Å². The third kappa shape index (κ3) is 5.01. The van der Waals surface area contributed by atoms with Gasteiger partial charge in [-0.25, -0.2) is 0 Å². The van der Waals surface area contributed by atoms with Gasteiger partial charge in [-0.3, -0.25) is 0 Å². The smallest absolute Gasteiger partial charge is 0.137 e. The maximum absolute atomic E-state index is 5.34. The van der Waals surface area contributed by atoms with E-state index in [4.69, 9.17) is 4.52 Å². The second kappa shape index (κ2) is 3.99. The Hall–Kier alpha value is -0.790. The Labute approximate surface area is 93.0 Å². The van der Waals surface area contributed by atoms with Crippen molar-refractivity contribution in [2.45, 2.75) is 54.4 Å². The van der Waals surface area contributed by atoms with Gasteiger partial charge in [-0.1, -0.05) is 46.7 Å². The predicted molar refractivity (Wildman–Crippen MR) is 62.8 cm³/mol. The molecule has 0 fully saturated rings. The van der Waals surface area contributed by atoms with Crippen molar-refractivity contribution in [2.75, 3.05) is 0 Å². The third-order valence-corrected chi connectivity index (χ3v) is 2.02. The monoisotopic (exact) mass is 209 g/mol. The first-order valence-corrected chi connectivity index (χ1v) is 5.60. The molecule has 86 valence electrons. The molecule has 2 nitrogen and oxygen atoms in total. The van der Waals surface area contributed by atoms with E-state index in [1.54, 1.807) is 0 Å². The summed E-state index contributed by atoms with van der Waals surface area (Å²) >= 11 is 0. The van der Waals surface area contributed by atoms with Crippen molar-refractivity contribution in [2.24, 2.45) is 10.8 Å². The number of hydrogen-bond donors (Lipinski definition) is 0. The van der Waals surface area contributed by atoms with Crippen LogP contribution in [0.1, 0.15) is 53.0 Å². The molecule has 0 saturated heterocycles. The van der Waals surface area contributed by atoms with Crippen molar-refractivity contribution < 1.29 is 4.52 Å². The van der Waals surface area contributed by atoms with Gasteiger partial charge < -0.3 is 4.52 Å². The second-order valence-electron chi connectivity index (χ2n) is 6.76. The second-order valence-corrected chi connectivity index (χ2v) is 6.76. The molecule has 0 saturated carbocycles. The lowest BCUT2D eigenvalue weighted by Gasteiger charge is -2.15. The van der Waals surface area contributed by atoms with Crippen LogP contribution in [0.3, 0.4) is 0 Å². The first kappa shape index (κ1) is 12.3. The van der Waals surface area contributed by atoms with Gasteiger partial charge in [0.1, 0.15) is 5.76 Å². The van der Waals surface area contributed by atoms with Crippen molar-refractivity contribution >= 4 is 0 Å². The summed E-state index contributed by atoms with van der Waals surface area (Å²) < 4.78 is 5.34. The van der Waals surface area contributed by atoms with Crippen molar-refractivity contribution in [1.29, 1.82) is 0 Å². The number of aromatic nitrogens is 1. The zero-order chi connectivity index (χ0) is 11.7. The van der Waals surface area contributed by atoms with Gasteiger partial charge in [0.2, 0.25) is 0 Å². The quantitative estimate of drug-likeness (QED) is 0.739. The third-order valence-electron chi connectivity index (χ3n) is 2.02. The van der Waals surface area contributed by atoms with Crippen molar-refractivity contribution in [3.05, 3.63) is 17.5 Å². The highest BCUT2D eigenvalue weighted by atomic mass is 16.5. The Morgan fingerprint density at radius 1 is 1.00 bits per heavy atom. The van der Waals surface area contributed by atoms with Gasteiger partial charge in [0.15, 0.2) is 0 Å². The van der Waals surface area contributed by atoms with Crippen molar-refractivity contribution in [1.82, 2.24) is 5.16 Å². The first-order chi connectivity index (χ1) is 6.66. The van der Waals surface area contributed by atoms with Crippen LogP contribution < -0.4 is 0 Å². The minimum atomic E-state index is 0.262. The van der Waals surface area contributed by atoms with Crippen LogP contribution in [-0.2, 0) is 12.8 Å². The van der Waals surface area contributed by atoms with Gasteiger partial charge >= 0.3 is 0 Å². The standard InChI is InChI=1S/C13H23NO/c1-12(2,3)8-10-7-11(15-14-10)9-13(4,5)6/h7H,8-9H2,1-6H3. The molecule has 1 rings (SSSR count). The molecule has 0 spiro atoms. The summed E-state index contributed by atoms with van der Waals surface area (Å²) in [5.41, 5.74) is 1.61. The van der Waals surface area contributed by atoms with Crippen molar-refractivity contribution in [3.63, 3.8) is 0 Å². The van der Waals surface area contributed by atoms with Crippen molar-refractivity contribution in [3.8, 4) is 0 Å². The molecule has 0 unspecified atom stereocenters. The van der Waals surface area contributed by atoms with E-state index in [1.807, 2.05) is 0 Å². The van der Waals surface area contributed by atoms with E-state index in [1.165, 1.54) is 0 Å². The molecule has 0 aliphatic carbocycles. The van der Waals surface area contributed by atoms with E-state index in [9.17, 15) is 0 Å². The summed E-state index contributed by atoms with van der Waals surface area (Å²) in [6.07, 6.45) is 1.92. The fraction of sp³-hybridized carbons (Fsp3) is 0.769. The zero-order valence-electron chi connectivity index (χ0n) is 10.8. The lowest BCUT2D eigenvalue weighted by atomic mass is 9.89. The molecule has 0 aliphatic rings. The Morgan fingerprint density at radius 3 is 2.00 bits per heavy atom. The summed E-state index contributed by atoms with van der Waals surface area (Å²) in [6.45, 7) is 13.3. The van der Waals surface area contributed by atoms with E-state index in [2.05, 4.69) is 52.8 Å². The number of rotatable bonds is 2. The molecule has 0 atom stereocenters.